The highest BCUT2D eigenvalue weighted by molar-refractivity contribution is 6.32. The van der Waals surface area contributed by atoms with E-state index in [1.807, 2.05) is 30.3 Å². The molecule has 3 rings (SSSR count). The minimum atomic E-state index is -0.213. The molecule has 106 valence electrons. The minimum Gasteiger partial charge on any atom is -0.454 e. The highest BCUT2D eigenvalue weighted by atomic mass is 35.5. The Balaban J connectivity index is 1.71. The maximum Gasteiger partial charge on any atom is 0.248 e. The summed E-state index contributed by atoms with van der Waals surface area (Å²) >= 11 is 6.08. The van der Waals surface area contributed by atoms with E-state index in [-0.39, 0.29) is 12.7 Å². The summed E-state index contributed by atoms with van der Waals surface area (Å²) in [6.07, 6.45) is 3.12. The fraction of sp³-hybridized carbons (Fsp3) is 0.0625. The fourth-order valence-electron chi connectivity index (χ4n) is 1.96. The summed E-state index contributed by atoms with van der Waals surface area (Å²) in [5.74, 6) is 0.920. The van der Waals surface area contributed by atoms with Gasteiger partial charge in [-0.1, -0.05) is 29.8 Å². The van der Waals surface area contributed by atoms with Crippen molar-refractivity contribution in [3.8, 4) is 11.5 Å². The molecule has 1 amide bonds. The van der Waals surface area contributed by atoms with Crippen molar-refractivity contribution in [3.63, 3.8) is 0 Å². The molecule has 0 unspecified atom stereocenters. The maximum atomic E-state index is 11.8. The van der Waals surface area contributed by atoms with Crippen molar-refractivity contribution >= 4 is 29.3 Å². The van der Waals surface area contributed by atoms with Crippen LogP contribution in [0.5, 0.6) is 11.5 Å². The molecule has 1 aliphatic rings. The number of carbonyl (C=O) groups excluding carboxylic acids is 1. The Hall–Kier alpha value is -2.46. The van der Waals surface area contributed by atoms with Crippen LogP contribution in [0.4, 0.5) is 5.69 Å². The Morgan fingerprint density at radius 2 is 2.00 bits per heavy atom. The Morgan fingerprint density at radius 1 is 1.19 bits per heavy atom. The Bertz CT molecular complexity index is 698. The summed E-state index contributed by atoms with van der Waals surface area (Å²) in [6, 6.07) is 12.8. The molecule has 1 heterocycles. The standard InChI is InChI=1S/C16H12ClNO3/c17-13-8-11(9-14-16(13)21-10-20-14)6-7-15(19)18-12-4-2-1-3-5-12/h1-9H,10H2,(H,18,19)/b7-6+. The van der Waals surface area contributed by atoms with Crippen LogP contribution >= 0.6 is 11.6 Å². The lowest BCUT2D eigenvalue weighted by Gasteiger charge is -2.02. The lowest BCUT2D eigenvalue weighted by Crippen LogP contribution is -2.07. The first-order valence-electron chi connectivity index (χ1n) is 6.35. The molecule has 0 saturated heterocycles. The van der Waals surface area contributed by atoms with Crippen LogP contribution in [0.2, 0.25) is 5.02 Å². The maximum absolute atomic E-state index is 11.8. The normalized spacial score (nSPS) is 12.6. The third-order valence-electron chi connectivity index (χ3n) is 2.92. The Kier molecular flexibility index (Phi) is 3.79. The molecule has 2 aromatic carbocycles. The summed E-state index contributed by atoms with van der Waals surface area (Å²) in [7, 11) is 0. The molecule has 0 aromatic heterocycles. The van der Waals surface area contributed by atoms with Crippen LogP contribution < -0.4 is 14.8 Å². The van der Waals surface area contributed by atoms with Crippen molar-refractivity contribution in [1.29, 1.82) is 0 Å². The van der Waals surface area contributed by atoms with Crippen molar-refractivity contribution in [2.45, 2.75) is 0 Å². The number of hydrogen-bond acceptors (Lipinski definition) is 3. The number of halogens is 1. The summed E-state index contributed by atoms with van der Waals surface area (Å²) in [5.41, 5.74) is 1.52. The average Bonchev–Trinajstić information content (AvgIpc) is 2.95. The Labute approximate surface area is 126 Å². The molecular weight excluding hydrogens is 290 g/mol. The first-order valence-corrected chi connectivity index (χ1v) is 6.73. The molecule has 5 heteroatoms. The van der Waals surface area contributed by atoms with Crippen LogP contribution in [0.25, 0.3) is 6.08 Å². The van der Waals surface area contributed by atoms with Gasteiger partial charge in [0.1, 0.15) is 0 Å². The first kappa shape index (κ1) is 13.5. The van der Waals surface area contributed by atoms with Gasteiger partial charge >= 0.3 is 0 Å². The van der Waals surface area contributed by atoms with E-state index in [4.69, 9.17) is 21.1 Å². The van der Waals surface area contributed by atoms with Gasteiger partial charge in [0.25, 0.3) is 0 Å². The minimum absolute atomic E-state index is 0.163. The second-order valence-corrected chi connectivity index (χ2v) is 4.83. The van der Waals surface area contributed by atoms with E-state index in [0.29, 0.717) is 16.5 Å². The number of amides is 1. The van der Waals surface area contributed by atoms with Crippen molar-refractivity contribution in [3.05, 3.63) is 59.1 Å². The number of fused-ring (bicyclic) bond motifs is 1. The number of benzene rings is 2. The fourth-order valence-corrected chi connectivity index (χ4v) is 2.23. The number of ether oxygens (including phenoxy) is 2. The Morgan fingerprint density at radius 3 is 2.81 bits per heavy atom. The lowest BCUT2D eigenvalue weighted by atomic mass is 10.2. The SMILES string of the molecule is O=C(/C=C/c1cc(Cl)c2c(c1)OCO2)Nc1ccccc1. The van der Waals surface area contributed by atoms with Crippen LogP contribution in [0.1, 0.15) is 5.56 Å². The molecule has 0 spiro atoms. The van der Waals surface area contributed by atoms with Crippen molar-refractivity contribution in [1.82, 2.24) is 0 Å². The average molecular weight is 302 g/mol. The van der Waals surface area contributed by atoms with Gasteiger partial charge in [-0.25, -0.2) is 0 Å². The van der Waals surface area contributed by atoms with Crippen LogP contribution in [-0.4, -0.2) is 12.7 Å². The zero-order chi connectivity index (χ0) is 14.7. The van der Waals surface area contributed by atoms with Crippen molar-refractivity contribution < 1.29 is 14.3 Å². The summed E-state index contributed by atoms with van der Waals surface area (Å²) < 4.78 is 10.5. The molecule has 1 aliphatic heterocycles. The first-order chi connectivity index (χ1) is 10.2. The zero-order valence-corrected chi connectivity index (χ0v) is 11.8. The predicted molar refractivity (Wildman–Crippen MR) is 81.7 cm³/mol. The molecule has 0 aliphatic carbocycles. The van der Waals surface area contributed by atoms with E-state index in [9.17, 15) is 4.79 Å². The van der Waals surface area contributed by atoms with E-state index in [1.54, 1.807) is 18.2 Å². The largest absolute Gasteiger partial charge is 0.454 e. The molecule has 2 aromatic rings. The van der Waals surface area contributed by atoms with Gasteiger partial charge in [0.05, 0.1) is 5.02 Å². The van der Waals surface area contributed by atoms with Gasteiger partial charge in [0.2, 0.25) is 12.7 Å². The highest BCUT2D eigenvalue weighted by Gasteiger charge is 2.17. The topological polar surface area (TPSA) is 47.6 Å². The van der Waals surface area contributed by atoms with Gasteiger partial charge in [-0.15, -0.1) is 0 Å². The molecule has 0 radical (unpaired) electrons. The third-order valence-corrected chi connectivity index (χ3v) is 3.20. The highest BCUT2D eigenvalue weighted by Crippen LogP contribution is 2.40. The van der Waals surface area contributed by atoms with Gasteiger partial charge in [0, 0.05) is 11.8 Å². The zero-order valence-electron chi connectivity index (χ0n) is 11.0. The molecular formula is C16H12ClNO3. The van der Waals surface area contributed by atoms with Gasteiger partial charge in [-0.05, 0) is 35.9 Å². The number of nitrogens with one attached hydrogen (secondary N) is 1. The predicted octanol–water partition coefficient (Wildman–Crippen LogP) is 3.72. The second kappa shape index (κ2) is 5.89. The van der Waals surface area contributed by atoms with E-state index < -0.39 is 0 Å². The molecule has 0 bridgehead atoms. The summed E-state index contributed by atoms with van der Waals surface area (Å²) in [5, 5.41) is 3.23. The van der Waals surface area contributed by atoms with Gasteiger partial charge < -0.3 is 14.8 Å². The quantitative estimate of drug-likeness (QED) is 0.879. The molecule has 0 fully saturated rings. The molecule has 0 saturated carbocycles. The number of para-hydroxylation sites is 1. The van der Waals surface area contributed by atoms with Crippen LogP contribution in [-0.2, 0) is 4.79 Å². The van der Waals surface area contributed by atoms with Crippen molar-refractivity contribution in [2.24, 2.45) is 0 Å². The molecule has 21 heavy (non-hydrogen) atoms. The molecule has 0 atom stereocenters. The van der Waals surface area contributed by atoms with E-state index >= 15 is 0 Å². The van der Waals surface area contributed by atoms with E-state index in [2.05, 4.69) is 5.32 Å². The monoisotopic (exact) mass is 301 g/mol. The molecule has 1 N–H and O–H groups in total. The number of carbonyl (C=O) groups is 1. The van der Waals surface area contributed by atoms with E-state index in [0.717, 1.165) is 11.3 Å². The van der Waals surface area contributed by atoms with Gasteiger partial charge in [-0.2, -0.15) is 0 Å². The van der Waals surface area contributed by atoms with Gasteiger partial charge in [0.15, 0.2) is 11.5 Å². The summed E-state index contributed by atoms with van der Waals surface area (Å²) in [6.45, 7) is 0.163. The van der Waals surface area contributed by atoms with Gasteiger partial charge in [-0.3, -0.25) is 4.79 Å². The summed E-state index contributed by atoms with van der Waals surface area (Å²) in [4.78, 5) is 11.8. The van der Waals surface area contributed by atoms with Crippen molar-refractivity contribution in [2.75, 3.05) is 12.1 Å². The third kappa shape index (κ3) is 3.17. The smallest absolute Gasteiger partial charge is 0.248 e. The van der Waals surface area contributed by atoms with Crippen LogP contribution in [0, 0.1) is 0 Å². The number of rotatable bonds is 3. The van der Waals surface area contributed by atoms with Crippen LogP contribution in [0.15, 0.2) is 48.5 Å². The number of anilines is 1. The lowest BCUT2D eigenvalue weighted by molar-refractivity contribution is -0.111. The second-order valence-electron chi connectivity index (χ2n) is 4.43. The van der Waals surface area contributed by atoms with Crippen LogP contribution in [0.3, 0.4) is 0 Å². The van der Waals surface area contributed by atoms with E-state index in [1.165, 1.54) is 6.08 Å². The molecule has 4 nitrogen and oxygen atoms in total. The number of hydrogen-bond donors (Lipinski definition) is 1.